The molecule has 1 N–H and O–H groups in total. The van der Waals surface area contributed by atoms with Crippen LogP contribution in [0.5, 0.6) is 0 Å². The molecule has 0 aliphatic carbocycles. The summed E-state index contributed by atoms with van der Waals surface area (Å²) >= 11 is 1.62. The van der Waals surface area contributed by atoms with Crippen molar-refractivity contribution in [3.63, 3.8) is 0 Å². The standard InChI is InChI=1S/C15H22N2O3S/c1-11(10-17-7-3-4-14(17)18)16-9-13-6-5-12(21-13)8-15(19)20-2/h5-6,11,16H,3-4,7-10H2,1-2H3. The molecule has 1 fully saturated rings. The molecule has 1 amide bonds. The van der Waals surface area contributed by atoms with Gasteiger partial charge in [-0.3, -0.25) is 9.59 Å². The van der Waals surface area contributed by atoms with Crippen molar-refractivity contribution in [2.75, 3.05) is 20.2 Å². The van der Waals surface area contributed by atoms with Gasteiger partial charge in [-0.05, 0) is 25.5 Å². The van der Waals surface area contributed by atoms with E-state index in [4.69, 9.17) is 0 Å². The molecule has 6 heteroatoms. The number of hydrogen-bond donors (Lipinski definition) is 1. The summed E-state index contributed by atoms with van der Waals surface area (Å²) in [6.07, 6.45) is 2.00. The number of carbonyl (C=O) groups is 2. The second-order valence-electron chi connectivity index (χ2n) is 5.35. The Balaban J connectivity index is 1.74. The Morgan fingerprint density at radius 2 is 2.24 bits per heavy atom. The highest BCUT2D eigenvalue weighted by Gasteiger charge is 2.21. The van der Waals surface area contributed by atoms with Crippen LogP contribution in [0.4, 0.5) is 0 Å². The maximum Gasteiger partial charge on any atom is 0.310 e. The third kappa shape index (κ3) is 4.82. The minimum atomic E-state index is -0.211. The summed E-state index contributed by atoms with van der Waals surface area (Å²) in [4.78, 5) is 26.9. The van der Waals surface area contributed by atoms with Gasteiger partial charge in [0, 0.05) is 41.9 Å². The van der Waals surface area contributed by atoms with Crippen molar-refractivity contribution in [3.05, 3.63) is 21.9 Å². The molecule has 2 heterocycles. The number of esters is 1. The van der Waals surface area contributed by atoms with Crippen LogP contribution in [0.2, 0.25) is 0 Å². The van der Waals surface area contributed by atoms with Gasteiger partial charge in [0.15, 0.2) is 0 Å². The van der Waals surface area contributed by atoms with Crippen molar-refractivity contribution in [1.29, 1.82) is 0 Å². The van der Waals surface area contributed by atoms with E-state index in [1.54, 1.807) is 11.3 Å². The molecule has 5 nitrogen and oxygen atoms in total. The van der Waals surface area contributed by atoms with Gasteiger partial charge in [0.2, 0.25) is 5.91 Å². The Hall–Kier alpha value is -1.40. The molecule has 0 radical (unpaired) electrons. The summed E-state index contributed by atoms with van der Waals surface area (Å²) in [6, 6.07) is 4.26. The van der Waals surface area contributed by atoms with E-state index in [0.29, 0.717) is 12.8 Å². The fourth-order valence-corrected chi connectivity index (χ4v) is 3.35. The van der Waals surface area contributed by atoms with Crippen LogP contribution >= 0.6 is 11.3 Å². The number of nitrogens with zero attached hydrogens (tertiary/aromatic N) is 1. The van der Waals surface area contributed by atoms with E-state index in [9.17, 15) is 9.59 Å². The number of hydrogen-bond acceptors (Lipinski definition) is 5. The molecule has 1 aromatic rings. The fraction of sp³-hybridized carbons (Fsp3) is 0.600. The molecule has 0 spiro atoms. The lowest BCUT2D eigenvalue weighted by Crippen LogP contribution is -2.39. The van der Waals surface area contributed by atoms with E-state index in [2.05, 4.69) is 17.0 Å². The molecule has 0 saturated carbocycles. The lowest BCUT2D eigenvalue weighted by molar-refractivity contribution is -0.139. The Morgan fingerprint density at radius 1 is 1.48 bits per heavy atom. The number of carbonyl (C=O) groups excluding carboxylic acids is 2. The first-order valence-electron chi connectivity index (χ1n) is 7.24. The Morgan fingerprint density at radius 3 is 2.90 bits per heavy atom. The molecule has 1 unspecified atom stereocenters. The first-order chi connectivity index (χ1) is 10.1. The minimum absolute atomic E-state index is 0.211. The lowest BCUT2D eigenvalue weighted by atomic mass is 10.3. The van der Waals surface area contributed by atoms with Gasteiger partial charge in [-0.25, -0.2) is 0 Å². The van der Waals surface area contributed by atoms with Gasteiger partial charge in [0.05, 0.1) is 13.5 Å². The highest BCUT2D eigenvalue weighted by Crippen LogP contribution is 2.17. The third-order valence-electron chi connectivity index (χ3n) is 3.55. The average Bonchev–Trinajstić information content (AvgIpc) is 3.06. The fourth-order valence-electron chi connectivity index (χ4n) is 2.39. The molecule has 21 heavy (non-hydrogen) atoms. The maximum atomic E-state index is 11.6. The number of nitrogens with one attached hydrogen (secondary N) is 1. The van der Waals surface area contributed by atoms with Crippen LogP contribution in [0, 0.1) is 0 Å². The summed E-state index contributed by atoms with van der Waals surface area (Å²) in [5.41, 5.74) is 0. The number of rotatable bonds is 7. The van der Waals surface area contributed by atoms with E-state index in [-0.39, 0.29) is 17.9 Å². The van der Waals surface area contributed by atoms with Crippen LogP contribution in [0.3, 0.4) is 0 Å². The van der Waals surface area contributed by atoms with E-state index in [0.717, 1.165) is 30.9 Å². The molecule has 0 bridgehead atoms. The average molecular weight is 310 g/mol. The largest absolute Gasteiger partial charge is 0.469 e. The summed E-state index contributed by atoms with van der Waals surface area (Å²) < 4.78 is 4.66. The number of thiophene rings is 1. The number of ether oxygens (including phenoxy) is 1. The zero-order chi connectivity index (χ0) is 15.2. The Bertz CT molecular complexity index is 501. The molecule has 1 atom stereocenters. The van der Waals surface area contributed by atoms with Gasteiger partial charge in [0.25, 0.3) is 0 Å². The van der Waals surface area contributed by atoms with Crippen molar-refractivity contribution in [2.45, 2.75) is 38.8 Å². The van der Waals surface area contributed by atoms with Crippen LogP contribution in [-0.4, -0.2) is 43.0 Å². The molecule has 1 saturated heterocycles. The van der Waals surface area contributed by atoms with Gasteiger partial charge >= 0.3 is 5.97 Å². The van der Waals surface area contributed by atoms with Gasteiger partial charge in [-0.2, -0.15) is 0 Å². The first-order valence-corrected chi connectivity index (χ1v) is 8.05. The molecule has 0 aromatic carbocycles. The smallest absolute Gasteiger partial charge is 0.310 e. The first kappa shape index (κ1) is 16.0. The highest BCUT2D eigenvalue weighted by atomic mass is 32.1. The topological polar surface area (TPSA) is 58.6 Å². The van der Waals surface area contributed by atoms with Crippen LogP contribution in [0.1, 0.15) is 29.5 Å². The number of amides is 1. The predicted molar refractivity (Wildman–Crippen MR) is 82.2 cm³/mol. The molecular formula is C15H22N2O3S. The summed E-state index contributed by atoms with van der Waals surface area (Å²) in [6.45, 7) is 4.50. The highest BCUT2D eigenvalue weighted by molar-refractivity contribution is 7.12. The van der Waals surface area contributed by atoms with Gasteiger partial charge < -0.3 is 15.0 Å². The normalized spacial score (nSPS) is 16.3. The van der Waals surface area contributed by atoms with E-state index < -0.39 is 0 Å². The zero-order valence-electron chi connectivity index (χ0n) is 12.6. The van der Waals surface area contributed by atoms with E-state index in [1.165, 1.54) is 12.0 Å². The molecule has 1 aromatic heterocycles. The van der Waals surface area contributed by atoms with Crippen LogP contribution in [0.15, 0.2) is 12.1 Å². The van der Waals surface area contributed by atoms with Gasteiger partial charge in [0.1, 0.15) is 0 Å². The SMILES string of the molecule is COC(=O)Cc1ccc(CNC(C)CN2CCCC2=O)s1. The third-order valence-corrected chi connectivity index (χ3v) is 4.64. The number of methoxy groups -OCH3 is 1. The van der Waals surface area contributed by atoms with Crippen molar-refractivity contribution in [1.82, 2.24) is 10.2 Å². The van der Waals surface area contributed by atoms with Gasteiger partial charge in [-0.15, -0.1) is 11.3 Å². The molecule has 1 aliphatic heterocycles. The Kier molecular flexibility index (Phi) is 5.76. The molecule has 116 valence electrons. The van der Waals surface area contributed by atoms with Crippen molar-refractivity contribution in [2.24, 2.45) is 0 Å². The summed E-state index contributed by atoms with van der Waals surface area (Å²) in [5, 5.41) is 3.43. The number of likely N-dealkylation sites (tertiary alicyclic amines) is 1. The van der Waals surface area contributed by atoms with Crippen molar-refractivity contribution < 1.29 is 14.3 Å². The molecule has 1 aliphatic rings. The second-order valence-corrected chi connectivity index (χ2v) is 6.60. The molecule has 2 rings (SSSR count). The summed E-state index contributed by atoms with van der Waals surface area (Å²) in [7, 11) is 1.40. The van der Waals surface area contributed by atoms with Crippen LogP contribution < -0.4 is 5.32 Å². The van der Waals surface area contributed by atoms with Gasteiger partial charge in [-0.1, -0.05) is 0 Å². The quantitative estimate of drug-likeness (QED) is 0.777. The summed E-state index contributed by atoms with van der Waals surface area (Å²) in [5.74, 6) is 0.0532. The van der Waals surface area contributed by atoms with E-state index >= 15 is 0 Å². The minimum Gasteiger partial charge on any atom is -0.469 e. The van der Waals surface area contributed by atoms with Crippen molar-refractivity contribution >= 4 is 23.2 Å². The second kappa shape index (κ2) is 7.56. The monoisotopic (exact) mass is 310 g/mol. The van der Waals surface area contributed by atoms with E-state index in [1.807, 2.05) is 17.0 Å². The zero-order valence-corrected chi connectivity index (χ0v) is 13.4. The maximum absolute atomic E-state index is 11.6. The van der Waals surface area contributed by atoms with Crippen LogP contribution in [-0.2, 0) is 27.3 Å². The molecular weight excluding hydrogens is 288 g/mol. The lowest BCUT2D eigenvalue weighted by Gasteiger charge is -2.21. The van der Waals surface area contributed by atoms with Crippen molar-refractivity contribution in [3.8, 4) is 0 Å². The Labute approximate surface area is 129 Å². The van der Waals surface area contributed by atoms with Crippen LogP contribution in [0.25, 0.3) is 0 Å². The predicted octanol–water partition coefficient (Wildman–Crippen LogP) is 1.56.